The third-order valence-electron chi connectivity index (χ3n) is 4.70. The van der Waals surface area contributed by atoms with Crippen LogP contribution < -0.4 is 0 Å². The van der Waals surface area contributed by atoms with Crippen molar-refractivity contribution in [1.29, 1.82) is 0 Å². The maximum absolute atomic E-state index is 12.6. The van der Waals surface area contributed by atoms with Crippen LogP contribution in [-0.4, -0.2) is 76.1 Å². The number of ether oxygens (including phenoxy) is 1. The molecule has 0 N–H and O–H groups in total. The van der Waals surface area contributed by atoms with Crippen LogP contribution in [0.5, 0.6) is 0 Å². The monoisotopic (exact) mass is 423 g/mol. The number of rotatable bonds is 9. The molecule has 152 valence electrons. The molecule has 0 spiro atoms. The number of aromatic nitrogens is 3. The quantitative estimate of drug-likeness (QED) is 0.456. The lowest BCUT2D eigenvalue weighted by molar-refractivity contribution is -0.130. The van der Waals surface area contributed by atoms with E-state index in [-0.39, 0.29) is 5.91 Å². The topological polar surface area (TPSA) is 63.5 Å². The molecule has 2 aromatic rings. The molecular formula is C19H26ClN5O2S. The molecule has 7 nitrogen and oxygen atoms in total. The summed E-state index contributed by atoms with van der Waals surface area (Å²) in [4.78, 5) is 16.9. The maximum atomic E-state index is 12.6. The van der Waals surface area contributed by atoms with Crippen LogP contribution in [0, 0.1) is 0 Å². The first-order valence-electron chi connectivity index (χ1n) is 9.40. The van der Waals surface area contributed by atoms with E-state index in [0.717, 1.165) is 55.9 Å². The number of halogens is 1. The van der Waals surface area contributed by atoms with Gasteiger partial charge < -0.3 is 14.2 Å². The zero-order chi connectivity index (χ0) is 19.8. The van der Waals surface area contributed by atoms with Crippen molar-refractivity contribution in [2.75, 3.05) is 45.6 Å². The minimum atomic E-state index is 0.155. The van der Waals surface area contributed by atoms with Crippen molar-refractivity contribution in [1.82, 2.24) is 24.6 Å². The molecule has 9 heteroatoms. The summed E-state index contributed by atoms with van der Waals surface area (Å²) < 4.78 is 7.05. The van der Waals surface area contributed by atoms with Crippen molar-refractivity contribution in [2.24, 2.45) is 0 Å². The Morgan fingerprint density at radius 1 is 1.21 bits per heavy atom. The van der Waals surface area contributed by atoms with Crippen LogP contribution in [0.3, 0.4) is 0 Å². The highest BCUT2D eigenvalue weighted by Crippen LogP contribution is 2.17. The summed E-state index contributed by atoms with van der Waals surface area (Å²) in [5.41, 5.74) is 1.24. The molecule has 1 saturated heterocycles. The molecule has 0 unspecified atom stereocenters. The molecule has 2 heterocycles. The van der Waals surface area contributed by atoms with Crippen LogP contribution >= 0.6 is 23.4 Å². The summed E-state index contributed by atoms with van der Waals surface area (Å²) in [5.74, 6) is 0.544. The van der Waals surface area contributed by atoms with Gasteiger partial charge in [0, 0.05) is 58.0 Å². The summed E-state index contributed by atoms with van der Waals surface area (Å²) in [6.07, 6.45) is 2.60. The second-order valence-corrected chi connectivity index (χ2v) is 8.10. The van der Waals surface area contributed by atoms with Crippen LogP contribution in [0.4, 0.5) is 0 Å². The van der Waals surface area contributed by atoms with Crippen LogP contribution in [0.1, 0.15) is 12.0 Å². The van der Waals surface area contributed by atoms with Gasteiger partial charge in [-0.05, 0) is 24.1 Å². The van der Waals surface area contributed by atoms with Gasteiger partial charge >= 0.3 is 0 Å². The van der Waals surface area contributed by atoms with E-state index in [1.54, 1.807) is 13.4 Å². The Labute approximate surface area is 175 Å². The lowest BCUT2D eigenvalue weighted by atomic mass is 10.2. The van der Waals surface area contributed by atoms with Gasteiger partial charge in [0.2, 0.25) is 5.91 Å². The minimum Gasteiger partial charge on any atom is -0.385 e. The van der Waals surface area contributed by atoms with E-state index < -0.39 is 0 Å². The maximum Gasteiger partial charge on any atom is 0.233 e. The van der Waals surface area contributed by atoms with Gasteiger partial charge in [-0.3, -0.25) is 9.69 Å². The Morgan fingerprint density at radius 2 is 1.96 bits per heavy atom. The number of thioether (sulfide) groups is 1. The van der Waals surface area contributed by atoms with Gasteiger partial charge in [-0.2, -0.15) is 0 Å². The molecule has 1 aromatic heterocycles. The molecule has 0 radical (unpaired) electrons. The van der Waals surface area contributed by atoms with E-state index in [9.17, 15) is 4.79 Å². The van der Waals surface area contributed by atoms with Gasteiger partial charge in [-0.25, -0.2) is 0 Å². The lowest BCUT2D eigenvalue weighted by Crippen LogP contribution is -2.48. The van der Waals surface area contributed by atoms with Crippen LogP contribution in [0.25, 0.3) is 0 Å². The van der Waals surface area contributed by atoms with Gasteiger partial charge in [-0.15, -0.1) is 10.2 Å². The number of nitrogens with zero attached hydrogens (tertiary/aromatic N) is 5. The van der Waals surface area contributed by atoms with Crippen LogP contribution in [0.15, 0.2) is 35.7 Å². The number of hydrogen-bond donors (Lipinski definition) is 0. The van der Waals surface area contributed by atoms with Crippen molar-refractivity contribution < 1.29 is 9.53 Å². The molecule has 1 amide bonds. The Morgan fingerprint density at radius 3 is 2.68 bits per heavy atom. The molecule has 1 aromatic carbocycles. The number of carbonyl (C=O) groups is 1. The first-order valence-corrected chi connectivity index (χ1v) is 10.8. The third kappa shape index (κ3) is 6.20. The Balaban J connectivity index is 1.40. The van der Waals surface area contributed by atoms with E-state index in [1.165, 1.54) is 17.3 Å². The van der Waals surface area contributed by atoms with Gasteiger partial charge in [0.1, 0.15) is 6.33 Å². The smallest absolute Gasteiger partial charge is 0.233 e. The summed E-state index contributed by atoms with van der Waals surface area (Å²) in [6.45, 7) is 5.65. The van der Waals surface area contributed by atoms with Gasteiger partial charge in [0.25, 0.3) is 0 Å². The highest BCUT2D eigenvalue weighted by molar-refractivity contribution is 7.99. The summed E-state index contributed by atoms with van der Waals surface area (Å²) in [6, 6.07) is 7.95. The molecular weight excluding hydrogens is 398 g/mol. The van der Waals surface area contributed by atoms with E-state index in [4.69, 9.17) is 16.3 Å². The highest BCUT2D eigenvalue weighted by atomic mass is 35.5. The molecule has 0 saturated carbocycles. The van der Waals surface area contributed by atoms with Gasteiger partial charge in [0.15, 0.2) is 5.16 Å². The van der Waals surface area contributed by atoms with E-state index in [1.807, 2.05) is 21.6 Å². The van der Waals surface area contributed by atoms with Gasteiger partial charge in [-0.1, -0.05) is 35.5 Å². The highest BCUT2D eigenvalue weighted by Gasteiger charge is 2.21. The summed E-state index contributed by atoms with van der Waals surface area (Å²) in [7, 11) is 1.69. The van der Waals surface area contributed by atoms with Crippen LogP contribution in [0.2, 0.25) is 5.02 Å². The van der Waals surface area contributed by atoms with Crippen molar-refractivity contribution in [3.05, 3.63) is 41.2 Å². The number of hydrogen-bond acceptors (Lipinski definition) is 6. The predicted molar refractivity (Wildman–Crippen MR) is 111 cm³/mol. The molecule has 28 heavy (non-hydrogen) atoms. The normalized spacial score (nSPS) is 15.1. The van der Waals surface area contributed by atoms with Crippen molar-refractivity contribution in [2.45, 2.75) is 24.7 Å². The van der Waals surface area contributed by atoms with Crippen molar-refractivity contribution >= 4 is 29.3 Å². The molecule has 0 atom stereocenters. The number of amides is 1. The molecule has 3 rings (SSSR count). The predicted octanol–water partition coefficient (Wildman–Crippen LogP) is 2.40. The number of piperazine rings is 1. The molecule has 1 fully saturated rings. The Bertz CT molecular complexity index is 747. The van der Waals surface area contributed by atoms with E-state index in [2.05, 4.69) is 27.2 Å². The molecule has 0 aliphatic carbocycles. The number of methoxy groups -OCH3 is 1. The van der Waals surface area contributed by atoms with Crippen molar-refractivity contribution in [3.63, 3.8) is 0 Å². The Hall–Kier alpha value is -1.61. The average molecular weight is 424 g/mol. The largest absolute Gasteiger partial charge is 0.385 e. The van der Waals surface area contributed by atoms with E-state index >= 15 is 0 Å². The first kappa shape index (κ1) is 21.1. The van der Waals surface area contributed by atoms with Crippen molar-refractivity contribution in [3.8, 4) is 0 Å². The third-order valence-corrected chi connectivity index (χ3v) is 5.91. The number of aryl methyl sites for hydroxylation is 1. The zero-order valence-corrected chi connectivity index (χ0v) is 17.7. The average Bonchev–Trinajstić information content (AvgIpc) is 3.16. The summed E-state index contributed by atoms with van der Waals surface area (Å²) >= 11 is 7.39. The van der Waals surface area contributed by atoms with Crippen LogP contribution in [-0.2, 0) is 22.6 Å². The fourth-order valence-corrected chi connectivity index (χ4v) is 4.08. The van der Waals surface area contributed by atoms with Gasteiger partial charge in [0.05, 0.1) is 5.75 Å². The fourth-order valence-electron chi connectivity index (χ4n) is 3.11. The molecule has 1 aliphatic rings. The first-order chi connectivity index (χ1) is 13.7. The standard InChI is InChI=1S/C19H26ClN5O2S/c1-27-12-2-7-25-15-21-22-19(25)28-14-18(26)24-10-8-23(9-11-24)13-16-3-5-17(20)6-4-16/h3-6,15H,2,7-14H2,1H3. The zero-order valence-electron chi connectivity index (χ0n) is 16.1. The SMILES string of the molecule is COCCCn1cnnc1SCC(=O)N1CCN(Cc2ccc(Cl)cc2)CC1. The minimum absolute atomic E-state index is 0.155. The summed E-state index contributed by atoms with van der Waals surface area (Å²) in [5, 5.41) is 9.62. The second kappa shape index (κ2) is 10.8. The number of carbonyl (C=O) groups excluding carboxylic acids is 1. The second-order valence-electron chi connectivity index (χ2n) is 6.73. The molecule has 1 aliphatic heterocycles. The molecule has 0 bridgehead atoms. The van der Waals surface area contributed by atoms with E-state index in [0.29, 0.717) is 12.4 Å². The lowest BCUT2D eigenvalue weighted by Gasteiger charge is -2.34. The fraction of sp³-hybridized carbons (Fsp3) is 0.526. The number of benzene rings is 1. The Kier molecular flexibility index (Phi) is 8.14.